The van der Waals surface area contributed by atoms with Gasteiger partial charge in [-0.05, 0) is 26.2 Å². The molecule has 0 saturated heterocycles. The summed E-state index contributed by atoms with van der Waals surface area (Å²) in [7, 11) is 1.56. The molecule has 1 fully saturated rings. The van der Waals surface area contributed by atoms with Crippen LogP contribution < -0.4 is 21.1 Å². The molecule has 0 aliphatic heterocycles. The summed E-state index contributed by atoms with van der Waals surface area (Å²) in [5.41, 5.74) is 6.43. The average Bonchev–Trinajstić information content (AvgIpc) is 3.21. The standard InChI is InChI=1S/C14H23N3O3S/c1-3-20-8-4-7-16-14-11(19-2)10(15)12(21-14)13(18)17-9-5-6-9/h9,16H,3-8,15H2,1-2H3,(H,17,18). The monoisotopic (exact) mass is 313 g/mol. The van der Waals surface area contributed by atoms with Gasteiger partial charge in [0.2, 0.25) is 0 Å². The molecule has 0 atom stereocenters. The summed E-state index contributed by atoms with van der Waals surface area (Å²) < 4.78 is 10.6. The summed E-state index contributed by atoms with van der Waals surface area (Å²) >= 11 is 1.34. The molecule has 1 saturated carbocycles. The van der Waals surface area contributed by atoms with Crippen LogP contribution in [0.5, 0.6) is 5.75 Å². The number of carbonyl (C=O) groups is 1. The quantitative estimate of drug-likeness (QED) is 0.608. The molecule has 1 aliphatic rings. The first-order chi connectivity index (χ1) is 10.2. The molecule has 2 rings (SSSR count). The van der Waals surface area contributed by atoms with Crippen LogP contribution in [0.4, 0.5) is 10.7 Å². The van der Waals surface area contributed by atoms with Crippen molar-refractivity contribution in [1.82, 2.24) is 5.32 Å². The van der Waals surface area contributed by atoms with Crippen molar-refractivity contribution in [3.05, 3.63) is 4.88 Å². The Bertz CT molecular complexity index is 486. The fourth-order valence-electron chi connectivity index (χ4n) is 1.92. The summed E-state index contributed by atoms with van der Waals surface area (Å²) in [6, 6.07) is 0.313. The minimum atomic E-state index is -0.110. The Morgan fingerprint density at radius 2 is 2.24 bits per heavy atom. The molecule has 4 N–H and O–H groups in total. The van der Waals surface area contributed by atoms with E-state index in [4.69, 9.17) is 15.2 Å². The molecule has 1 heterocycles. The van der Waals surface area contributed by atoms with Gasteiger partial charge in [0.25, 0.3) is 5.91 Å². The smallest absolute Gasteiger partial charge is 0.263 e. The predicted molar refractivity (Wildman–Crippen MR) is 85.4 cm³/mol. The summed E-state index contributed by atoms with van der Waals surface area (Å²) in [6.07, 6.45) is 2.99. The molecule has 6 nitrogen and oxygen atoms in total. The van der Waals surface area contributed by atoms with Crippen molar-refractivity contribution in [2.24, 2.45) is 0 Å². The van der Waals surface area contributed by atoms with Gasteiger partial charge in [-0.2, -0.15) is 0 Å². The summed E-state index contributed by atoms with van der Waals surface area (Å²) in [4.78, 5) is 12.6. The summed E-state index contributed by atoms with van der Waals surface area (Å²) in [5, 5.41) is 7.01. The molecule has 0 aromatic carbocycles. The highest BCUT2D eigenvalue weighted by Crippen LogP contribution is 2.42. The zero-order valence-corrected chi connectivity index (χ0v) is 13.3. The Balaban J connectivity index is 1.97. The molecule has 0 bridgehead atoms. The molecule has 21 heavy (non-hydrogen) atoms. The van der Waals surface area contributed by atoms with Gasteiger partial charge in [0, 0.05) is 25.8 Å². The molecule has 118 valence electrons. The number of amides is 1. The second-order valence-corrected chi connectivity index (χ2v) is 5.95. The van der Waals surface area contributed by atoms with Crippen LogP contribution in [0.1, 0.15) is 35.9 Å². The number of nitrogens with two attached hydrogens (primary N) is 1. The molecule has 1 aliphatic carbocycles. The second kappa shape index (κ2) is 7.51. The fraction of sp³-hybridized carbons (Fsp3) is 0.643. The van der Waals surface area contributed by atoms with E-state index in [1.54, 1.807) is 7.11 Å². The minimum absolute atomic E-state index is 0.110. The highest BCUT2D eigenvalue weighted by atomic mass is 32.1. The normalized spacial score (nSPS) is 14.0. The Kier molecular flexibility index (Phi) is 5.69. The molecule has 0 unspecified atom stereocenters. The van der Waals surface area contributed by atoms with Crippen molar-refractivity contribution in [2.75, 3.05) is 37.9 Å². The van der Waals surface area contributed by atoms with E-state index >= 15 is 0 Å². The lowest BCUT2D eigenvalue weighted by Gasteiger charge is -2.06. The van der Waals surface area contributed by atoms with Gasteiger partial charge in [-0.3, -0.25) is 4.79 Å². The van der Waals surface area contributed by atoms with Crippen LogP contribution in [0.15, 0.2) is 0 Å². The maximum Gasteiger partial charge on any atom is 0.263 e. The molecule has 0 radical (unpaired) electrons. The van der Waals surface area contributed by atoms with Crippen molar-refractivity contribution < 1.29 is 14.3 Å². The SMILES string of the molecule is CCOCCCNc1sc(C(=O)NC2CC2)c(N)c1OC. The lowest BCUT2D eigenvalue weighted by Crippen LogP contribution is -2.25. The van der Waals surface area contributed by atoms with Crippen molar-refractivity contribution >= 4 is 27.9 Å². The minimum Gasteiger partial charge on any atom is -0.492 e. The van der Waals surface area contributed by atoms with Gasteiger partial charge in [0.15, 0.2) is 5.75 Å². The van der Waals surface area contributed by atoms with Gasteiger partial charge in [-0.15, -0.1) is 11.3 Å². The number of rotatable bonds is 9. The Hall–Kier alpha value is -1.47. The van der Waals surface area contributed by atoms with Crippen LogP contribution in [0, 0.1) is 0 Å². The van der Waals surface area contributed by atoms with Gasteiger partial charge in [0.05, 0.1) is 7.11 Å². The van der Waals surface area contributed by atoms with E-state index in [0.717, 1.165) is 37.4 Å². The van der Waals surface area contributed by atoms with Gasteiger partial charge >= 0.3 is 0 Å². The molecule has 7 heteroatoms. The third kappa shape index (κ3) is 4.25. The van der Waals surface area contributed by atoms with E-state index in [1.165, 1.54) is 11.3 Å². The fourth-order valence-corrected chi connectivity index (χ4v) is 2.93. The number of thiophene rings is 1. The number of hydrogen-bond donors (Lipinski definition) is 3. The zero-order chi connectivity index (χ0) is 15.2. The van der Waals surface area contributed by atoms with Crippen molar-refractivity contribution in [3.8, 4) is 5.75 Å². The van der Waals surface area contributed by atoms with Gasteiger partial charge in [0.1, 0.15) is 15.6 Å². The first-order valence-electron chi connectivity index (χ1n) is 7.26. The Morgan fingerprint density at radius 3 is 2.86 bits per heavy atom. The number of ether oxygens (including phenoxy) is 2. The lowest BCUT2D eigenvalue weighted by molar-refractivity contribution is 0.0956. The highest BCUT2D eigenvalue weighted by Gasteiger charge is 2.27. The highest BCUT2D eigenvalue weighted by molar-refractivity contribution is 7.19. The largest absolute Gasteiger partial charge is 0.492 e. The van der Waals surface area contributed by atoms with Crippen LogP contribution in [0.2, 0.25) is 0 Å². The van der Waals surface area contributed by atoms with E-state index in [1.807, 2.05) is 6.92 Å². The summed E-state index contributed by atoms with van der Waals surface area (Å²) in [5.74, 6) is 0.443. The number of anilines is 2. The van der Waals surface area contributed by atoms with Crippen molar-refractivity contribution in [2.45, 2.75) is 32.2 Å². The van der Waals surface area contributed by atoms with E-state index in [-0.39, 0.29) is 5.91 Å². The van der Waals surface area contributed by atoms with Gasteiger partial charge < -0.3 is 25.8 Å². The first kappa shape index (κ1) is 15.9. The van der Waals surface area contributed by atoms with Crippen molar-refractivity contribution in [1.29, 1.82) is 0 Å². The van der Waals surface area contributed by atoms with Gasteiger partial charge in [-0.1, -0.05) is 0 Å². The van der Waals surface area contributed by atoms with E-state index in [2.05, 4.69) is 10.6 Å². The Labute approximate surface area is 129 Å². The van der Waals surface area contributed by atoms with E-state index in [0.29, 0.717) is 29.0 Å². The van der Waals surface area contributed by atoms with Crippen LogP contribution in [0.3, 0.4) is 0 Å². The molecule has 1 aromatic rings. The first-order valence-corrected chi connectivity index (χ1v) is 8.07. The predicted octanol–water partition coefficient (Wildman–Crippen LogP) is 2.07. The van der Waals surface area contributed by atoms with Crippen LogP contribution >= 0.6 is 11.3 Å². The third-order valence-electron chi connectivity index (χ3n) is 3.18. The zero-order valence-electron chi connectivity index (χ0n) is 12.5. The average molecular weight is 313 g/mol. The number of carbonyl (C=O) groups excluding carboxylic acids is 1. The van der Waals surface area contributed by atoms with Crippen LogP contribution in [-0.4, -0.2) is 38.8 Å². The number of hydrogen-bond acceptors (Lipinski definition) is 6. The molecule has 0 spiro atoms. The maximum absolute atomic E-state index is 12.1. The number of nitrogens with one attached hydrogen (secondary N) is 2. The second-order valence-electron chi connectivity index (χ2n) is 4.93. The Morgan fingerprint density at radius 1 is 1.48 bits per heavy atom. The molecular formula is C14H23N3O3S. The maximum atomic E-state index is 12.1. The molecular weight excluding hydrogens is 290 g/mol. The summed E-state index contributed by atoms with van der Waals surface area (Å²) in [6.45, 7) is 4.16. The topological polar surface area (TPSA) is 85.6 Å². The van der Waals surface area contributed by atoms with E-state index in [9.17, 15) is 4.79 Å². The van der Waals surface area contributed by atoms with Crippen molar-refractivity contribution in [3.63, 3.8) is 0 Å². The third-order valence-corrected chi connectivity index (χ3v) is 4.32. The van der Waals surface area contributed by atoms with Gasteiger partial charge in [-0.25, -0.2) is 0 Å². The molecule has 1 aromatic heterocycles. The van der Waals surface area contributed by atoms with E-state index < -0.39 is 0 Å². The molecule has 1 amide bonds. The van der Waals surface area contributed by atoms with Crippen LogP contribution in [-0.2, 0) is 4.74 Å². The lowest BCUT2D eigenvalue weighted by atomic mass is 10.3. The van der Waals surface area contributed by atoms with Crippen LogP contribution in [0.25, 0.3) is 0 Å². The number of nitrogen functional groups attached to an aromatic ring is 1. The number of methoxy groups -OCH3 is 1.